The van der Waals surface area contributed by atoms with Gasteiger partial charge in [0.05, 0.1) is 0 Å². The molecule has 4 nitrogen and oxygen atoms in total. The number of carbonyl (C=O) groups is 2. The summed E-state index contributed by atoms with van der Waals surface area (Å²) >= 11 is 0. The first-order valence-electron chi connectivity index (χ1n) is 6.42. The van der Waals surface area contributed by atoms with E-state index >= 15 is 0 Å². The van der Waals surface area contributed by atoms with Crippen molar-refractivity contribution < 1.29 is 9.59 Å². The lowest BCUT2D eigenvalue weighted by Crippen LogP contribution is -2.52. The van der Waals surface area contributed by atoms with E-state index in [0.717, 1.165) is 0 Å². The number of hydrogen-bond donors (Lipinski definition) is 2. The Labute approximate surface area is 102 Å². The van der Waals surface area contributed by atoms with Gasteiger partial charge in [-0.3, -0.25) is 9.59 Å². The second kappa shape index (κ2) is 4.00. The summed E-state index contributed by atoms with van der Waals surface area (Å²) in [4.78, 5) is 23.4. The van der Waals surface area contributed by atoms with Gasteiger partial charge in [-0.25, -0.2) is 0 Å². The van der Waals surface area contributed by atoms with Gasteiger partial charge in [0.2, 0.25) is 11.8 Å². The molecule has 0 aromatic carbocycles. The van der Waals surface area contributed by atoms with Crippen molar-refractivity contribution in [1.82, 2.24) is 5.32 Å². The minimum absolute atomic E-state index is 0.0263. The molecule has 2 amide bonds. The fraction of sp³-hybridized carbons (Fsp3) is 0.846. The number of primary amides is 1. The molecule has 0 aliphatic heterocycles. The number of nitrogens with one attached hydrogen (secondary N) is 1. The third-order valence-electron chi connectivity index (χ3n) is 4.15. The number of carbonyl (C=O) groups excluding carboxylic acids is 2. The summed E-state index contributed by atoms with van der Waals surface area (Å²) in [5.74, 6) is 0.870. The van der Waals surface area contributed by atoms with E-state index in [4.69, 9.17) is 5.73 Å². The summed E-state index contributed by atoms with van der Waals surface area (Å²) in [7, 11) is 0. The number of rotatable bonds is 3. The van der Waals surface area contributed by atoms with Crippen LogP contribution in [-0.4, -0.2) is 17.9 Å². The standard InChI is InChI=1S/C13H22N2O2/c1-13(2,3)10(11(14)16)15-12(17)9-7-5-4-6-8(7)9/h7-10H,4-6H2,1-3H3,(H2,14,16)(H,15,17)/t7?,8?,9?,10-/m1/s1. The van der Waals surface area contributed by atoms with Crippen molar-refractivity contribution in [2.24, 2.45) is 28.9 Å². The highest BCUT2D eigenvalue weighted by Gasteiger charge is 2.57. The third kappa shape index (κ3) is 2.31. The van der Waals surface area contributed by atoms with Gasteiger partial charge in [0.1, 0.15) is 6.04 Å². The molecule has 96 valence electrons. The van der Waals surface area contributed by atoms with Crippen molar-refractivity contribution in [1.29, 1.82) is 0 Å². The van der Waals surface area contributed by atoms with Crippen LogP contribution in [0, 0.1) is 23.2 Å². The van der Waals surface area contributed by atoms with Crippen molar-refractivity contribution in [2.75, 3.05) is 0 Å². The molecule has 17 heavy (non-hydrogen) atoms. The van der Waals surface area contributed by atoms with Crippen LogP contribution in [0.1, 0.15) is 40.0 Å². The highest BCUT2D eigenvalue weighted by atomic mass is 16.2. The second-order valence-electron chi connectivity index (χ2n) is 6.49. The fourth-order valence-electron chi connectivity index (χ4n) is 3.16. The van der Waals surface area contributed by atoms with Crippen LogP contribution in [-0.2, 0) is 9.59 Å². The zero-order valence-corrected chi connectivity index (χ0v) is 10.8. The lowest BCUT2D eigenvalue weighted by atomic mass is 9.86. The highest BCUT2D eigenvalue weighted by Crippen LogP contribution is 2.57. The predicted molar refractivity (Wildman–Crippen MR) is 64.9 cm³/mol. The molecule has 0 heterocycles. The van der Waals surface area contributed by atoms with Gasteiger partial charge in [0.25, 0.3) is 0 Å². The van der Waals surface area contributed by atoms with Crippen LogP contribution in [0.15, 0.2) is 0 Å². The van der Waals surface area contributed by atoms with Crippen LogP contribution in [0.4, 0.5) is 0 Å². The smallest absolute Gasteiger partial charge is 0.240 e. The monoisotopic (exact) mass is 238 g/mol. The second-order valence-corrected chi connectivity index (χ2v) is 6.49. The van der Waals surface area contributed by atoms with Crippen molar-refractivity contribution in [3.63, 3.8) is 0 Å². The van der Waals surface area contributed by atoms with E-state index in [2.05, 4.69) is 5.32 Å². The molecule has 2 unspecified atom stereocenters. The number of amides is 2. The average Bonchev–Trinajstić information content (AvgIpc) is 2.66. The Balaban J connectivity index is 1.95. The Morgan fingerprint density at radius 1 is 1.24 bits per heavy atom. The minimum atomic E-state index is -0.573. The number of nitrogens with two attached hydrogens (primary N) is 1. The highest BCUT2D eigenvalue weighted by molar-refractivity contribution is 5.89. The summed E-state index contributed by atoms with van der Waals surface area (Å²) in [5, 5.41) is 2.83. The Morgan fingerprint density at radius 3 is 2.18 bits per heavy atom. The van der Waals surface area contributed by atoms with Crippen LogP contribution in [0.2, 0.25) is 0 Å². The molecule has 0 aromatic heterocycles. The van der Waals surface area contributed by atoms with Gasteiger partial charge in [-0.15, -0.1) is 0 Å². The van der Waals surface area contributed by atoms with Crippen molar-refractivity contribution in [3.05, 3.63) is 0 Å². The van der Waals surface area contributed by atoms with Gasteiger partial charge in [0.15, 0.2) is 0 Å². The van der Waals surface area contributed by atoms with Gasteiger partial charge in [-0.2, -0.15) is 0 Å². The van der Waals surface area contributed by atoms with Gasteiger partial charge in [0, 0.05) is 5.92 Å². The maximum Gasteiger partial charge on any atom is 0.240 e. The first-order valence-corrected chi connectivity index (χ1v) is 6.42. The predicted octanol–water partition coefficient (Wildman–Crippen LogP) is 1.05. The largest absolute Gasteiger partial charge is 0.368 e. The number of fused-ring (bicyclic) bond motifs is 1. The molecule has 0 radical (unpaired) electrons. The van der Waals surface area contributed by atoms with E-state index < -0.39 is 11.9 Å². The molecule has 3 N–H and O–H groups in total. The van der Waals surface area contributed by atoms with Gasteiger partial charge < -0.3 is 11.1 Å². The van der Waals surface area contributed by atoms with Gasteiger partial charge >= 0.3 is 0 Å². The van der Waals surface area contributed by atoms with Crippen LogP contribution < -0.4 is 11.1 Å². The molecule has 3 atom stereocenters. The lowest BCUT2D eigenvalue weighted by molar-refractivity contribution is -0.130. The van der Waals surface area contributed by atoms with E-state index in [-0.39, 0.29) is 17.2 Å². The molecule has 2 aliphatic rings. The van der Waals surface area contributed by atoms with E-state index in [1.54, 1.807) is 0 Å². The quantitative estimate of drug-likeness (QED) is 0.771. The molecule has 2 saturated carbocycles. The molecule has 0 saturated heterocycles. The summed E-state index contributed by atoms with van der Waals surface area (Å²) in [6.07, 6.45) is 3.58. The Hall–Kier alpha value is -1.06. The zero-order valence-electron chi connectivity index (χ0n) is 10.8. The molecule has 2 fully saturated rings. The Morgan fingerprint density at radius 2 is 1.76 bits per heavy atom. The molecule has 0 aromatic rings. The number of hydrogen-bond acceptors (Lipinski definition) is 2. The van der Waals surface area contributed by atoms with Crippen LogP contribution in [0.3, 0.4) is 0 Å². The summed E-state index contributed by atoms with van der Waals surface area (Å²) < 4.78 is 0. The van der Waals surface area contributed by atoms with Crippen LogP contribution >= 0.6 is 0 Å². The minimum Gasteiger partial charge on any atom is -0.368 e. The van der Waals surface area contributed by atoms with E-state index in [1.165, 1.54) is 19.3 Å². The maximum atomic E-state index is 12.1. The van der Waals surface area contributed by atoms with Crippen molar-refractivity contribution in [2.45, 2.75) is 46.1 Å². The topological polar surface area (TPSA) is 72.2 Å². The third-order valence-corrected chi connectivity index (χ3v) is 4.15. The molecule has 0 bridgehead atoms. The van der Waals surface area contributed by atoms with Crippen LogP contribution in [0.5, 0.6) is 0 Å². The molecular weight excluding hydrogens is 216 g/mol. The Kier molecular flexibility index (Phi) is 2.92. The molecule has 2 aliphatic carbocycles. The molecule has 4 heteroatoms. The molecule has 0 spiro atoms. The SMILES string of the molecule is CC(C)(C)[C@H](NC(=O)C1C2CCCC21)C(N)=O. The first-order chi connectivity index (χ1) is 7.82. The van der Waals surface area contributed by atoms with Crippen LogP contribution in [0.25, 0.3) is 0 Å². The van der Waals surface area contributed by atoms with E-state index in [9.17, 15) is 9.59 Å². The summed E-state index contributed by atoms with van der Waals surface area (Å²) in [6.45, 7) is 5.74. The molecular formula is C13H22N2O2. The van der Waals surface area contributed by atoms with Gasteiger partial charge in [-0.1, -0.05) is 27.2 Å². The lowest BCUT2D eigenvalue weighted by Gasteiger charge is -2.29. The van der Waals surface area contributed by atoms with Gasteiger partial charge in [-0.05, 0) is 30.1 Å². The summed E-state index contributed by atoms with van der Waals surface area (Å²) in [5.41, 5.74) is 5.03. The van der Waals surface area contributed by atoms with Crippen molar-refractivity contribution in [3.8, 4) is 0 Å². The zero-order chi connectivity index (χ0) is 12.8. The maximum absolute atomic E-state index is 12.1. The fourth-order valence-corrected chi connectivity index (χ4v) is 3.16. The van der Waals surface area contributed by atoms with Crippen molar-refractivity contribution >= 4 is 11.8 Å². The summed E-state index contributed by atoms with van der Waals surface area (Å²) in [6, 6.07) is -0.573. The normalized spacial score (nSPS) is 32.8. The van der Waals surface area contributed by atoms with E-state index in [0.29, 0.717) is 11.8 Å². The average molecular weight is 238 g/mol. The van der Waals surface area contributed by atoms with E-state index in [1.807, 2.05) is 20.8 Å². The first kappa shape index (κ1) is 12.4. The molecule has 2 rings (SSSR count). The Bertz CT molecular complexity index is 336.